The van der Waals surface area contributed by atoms with E-state index in [0.717, 1.165) is 36.1 Å². The van der Waals surface area contributed by atoms with Crippen LogP contribution in [0.5, 0.6) is 0 Å². The van der Waals surface area contributed by atoms with E-state index >= 15 is 0 Å². The number of aromatic nitrogens is 2. The van der Waals surface area contributed by atoms with E-state index in [1.54, 1.807) is 6.20 Å². The summed E-state index contributed by atoms with van der Waals surface area (Å²) in [4.78, 5) is 18.5. The second kappa shape index (κ2) is 5.95. The Labute approximate surface area is 126 Å². The first kappa shape index (κ1) is 13.6. The van der Waals surface area contributed by atoms with E-state index in [-0.39, 0.29) is 5.91 Å². The highest BCUT2D eigenvalue weighted by atomic mass is 35.5. The molecule has 3 heterocycles. The summed E-state index contributed by atoms with van der Waals surface area (Å²) in [5, 5.41) is 5.24. The van der Waals surface area contributed by atoms with Crippen molar-refractivity contribution in [2.75, 3.05) is 26.2 Å². The minimum absolute atomic E-state index is 0.00201. The van der Waals surface area contributed by atoms with Crippen molar-refractivity contribution in [1.29, 1.82) is 0 Å². The molecule has 0 aliphatic carbocycles. The van der Waals surface area contributed by atoms with E-state index in [1.807, 2.05) is 27.1 Å². The lowest BCUT2D eigenvalue weighted by Gasteiger charge is -2.27. The number of nitrogens with zero attached hydrogens (tertiary/aromatic N) is 3. The van der Waals surface area contributed by atoms with Gasteiger partial charge in [-0.2, -0.15) is 0 Å². The smallest absolute Gasteiger partial charge is 0.289 e. The molecule has 1 amide bonds. The molecular weight excluding hydrogens is 296 g/mol. The second-order valence-corrected chi connectivity index (χ2v) is 6.22. The van der Waals surface area contributed by atoms with Crippen molar-refractivity contribution in [2.45, 2.75) is 6.54 Å². The van der Waals surface area contributed by atoms with Gasteiger partial charge in [0, 0.05) is 38.6 Å². The lowest BCUT2D eigenvalue weighted by molar-refractivity contribution is 0.0719. The van der Waals surface area contributed by atoms with Gasteiger partial charge in [0.2, 0.25) is 0 Å². The van der Waals surface area contributed by atoms with Gasteiger partial charge in [0.25, 0.3) is 5.91 Å². The van der Waals surface area contributed by atoms with Crippen molar-refractivity contribution in [3.05, 3.63) is 39.6 Å². The van der Waals surface area contributed by atoms with Gasteiger partial charge in [0.05, 0.1) is 10.9 Å². The van der Waals surface area contributed by atoms with E-state index in [9.17, 15) is 4.79 Å². The van der Waals surface area contributed by atoms with Gasteiger partial charge in [-0.3, -0.25) is 4.79 Å². The molecule has 0 saturated carbocycles. The SMILES string of the molecule is O=C(c1nccn1Cc1csc(Cl)c1)N1CCNCC1. The Morgan fingerprint density at radius 3 is 2.95 bits per heavy atom. The van der Waals surface area contributed by atoms with E-state index in [4.69, 9.17) is 11.6 Å². The van der Waals surface area contributed by atoms with Crippen LogP contribution >= 0.6 is 22.9 Å². The molecule has 0 bridgehead atoms. The van der Waals surface area contributed by atoms with Gasteiger partial charge in [-0.25, -0.2) is 4.98 Å². The summed E-state index contributed by atoms with van der Waals surface area (Å²) in [6, 6.07) is 1.92. The standard InChI is InChI=1S/C13H15ClN4OS/c14-11-7-10(9-20-11)8-18-6-3-16-12(18)13(19)17-4-1-15-2-5-17/h3,6-7,9,15H,1-2,4-5,8H2. The Kier molecular flexibility index (Phi) is 4.05. The van der Waals surface area contributed by atoms with Crippen molar-refractivity contribution < 1.29 is 4.79 Å². The van der Waals surface area contributed by atoms with Gasteiger partial charge in [-0.1, -0.05) is 11.6 Å². The van der Waals surface area contributed by atoms with Crippen LogP contribution < -0.4 is 5.32 Å². The number of rotatable bonds is 3. The van der Waals surface area contributed by atoms with Crippen molar-refractivity contribution >= 4 is 28.8 Å². The molecule has 106 valence electrons. The highest BCUT2D eigenvalue weighted by Crippen LogP contribution is 2.21. The minimum Gasteiger partial charge on any atom is -0.333 e. The summed E-state index contributed by atoms with van der Waals surface area (Å²) in [7, 11) is 0. The van der Waals surface area contributed by atoms with Gasteiger partial charge >= 0.3 is 0 Å². The van der Waals surface area contributed by atoms with Crippen molar-refractivity contribution in [2.24, 2.45) is 0 Å². The number of imidazole rings is 1. The molecule has 1 fully saturated rings. The first-order valence-electron chi connectivity index (χ1n) is 6.48. The van der Waals surface area contributed by atoms with Gasteiger partial charge in [0.1, 0.15) is 0 Å². The monoisotopic (exact) mass is 310 g/mol. The summed E-state index contributed by atoms with van der Waals surface area (Å²) in [6.45, 7) is 3.77. The molecule has 1 aliphatic rings. The molecule has 3 rings (SSSR count). The number of thiophene rings is 1. The third-order valence-electron chi connectivity index (χ3n) is 3.29. The summed E-state index contributed by atoms with van der Waals surface area (Å²) >= 11 is 7.43. The van der Waals surface area contributed by atoms with Gasteiger partial charge in [0.15, 0.2) is 5.82 Å². The van der Waals surface area contributed by atoms with Crippen LogP contribution in [0, 0.1) is 0 Å². The van der Waals surface area contributed by atoms with Gasteiger partial charge in [-0.15, -0.1) is 11.3 Å². The van der Waals surface area contributed by atoms with Crippen LogP contribution in [0.4, 0.5) is 0 Å². The zero-order valence-electron chi connectivity index (χ0n) is 10.9. The highest BCUT2D eigenvalue weighted by Gasteiger charge is 2.22. The molecule has 1 saturated heterocycles. The fraction of sp³-hybridized carbons (Fsp3) is 0.385. The van der Waals surface area contributed by atoms with Crippen LogP contribution in [0.25, 0.3) is 0 Å². The maximum Gasteiger partial charge on any atom is 0.289 e. The third-order valence-corrected chi connectivity index (χ3v) is 4.43. The van der Waals surface area contributed by atoms with Crippen LogP contribution in [0.3, 0.4) is 0 Å². The third kappa shape index (κ3) is 2.87. The zero-order valence-corrected chi connectivity index (χ0v) is 12.5. The molecule has 2 aromatic heterocycles. The van der Waals surface area contributed by atoms with Crippen molar-refractivity contribution in [3.8, 4) is 0 Å². The first-order valence-corrected chi connectivity index (χ1v) is 7.74. The van der Waals surface area contributed by atoms with Crippen LogP contribution in [0.2, 0.25) is 4.34 Å². The summed E-state index contributed by atoms with van der Waals surface area (Å²) in [6.07, 6.45) is 3.50. The summed E-state index contributed by atoms with van der Waals surface area (Å²) < 4.78 is 2.64. The summed E-state index contributed by atoms with van der Waals surface area (Å²) in [5.74, 6) is 0.493. The number of carbonyl (C=O) groups excluding carboxylic acids is 1. The second-order valence-electron chi connectivity index (χ2n) is 4.68. The van der Waals surface area contributed by atoms with Crippen molar-refractivity contribution in [1.82, 2.24) is 19.8 Å². The van der Waals surface area contributed by atoms with E-state index < -0.39 is 0 Å². The average Bonchev–Trinajstić information content (AvgIpc) is 3.09. The predicted octanol–water partition coefficient (Wildman–Crippen LogP) is 1.69. The number of nitrogens with one attached hydrogen (secondary N) is 1. The largest absolute Gasteiger partial charge is 0.333 e. The van der Waals surface area contributed by atoms with Crippen LogP contribution in [-0.2, 0) is 6.54 Å². The maximum absolute atomic E-state index is 12.5. The molecule has 0 spiro atoms. The number of halogens is 1. The number of carbonyl (C=O) groups is 1. The lowest BCUT2D eigenvalue weighted by atomic mass is 10.3. The predicted molar refractivity (Wildman–Crippen MR) is 79.4 cm³/mol. The van der Waals surface area contributed by atoms with E-state index in [1.165, 1.54) is 11.3 Å². The molecule has 0 radical (unpaired) electrons. The first-order chi connectivity index (χ1) is 9.74. The Hall–Kier alpha value is -1.37. The Balaban J connectivity index is 1.77. The van der Waals surface area contributed by atoms with Crippen molar-refractivity contribution in [3.63, 3.8) is 0 Å². The molecular formula is C13H15ClN4OS. The molecule has 5 nitrogen and oxygen atoms in total. The average molecular weight is 311 g/mol. The fourth-order valence-electron chi connectivity index (χ4n) is 2.27. The molecule has 7 heteroatoms. The molecule has 2 aromatic rings. The Morgan fingerprint density at radius 2 is 2.25 bits per heavy atom. The highest BCUT2D eigenvalue weighted by molar-refractivity contribution is 7.14. The zero-order chi connectivity index (χ0) is 13.9. The number of amides is 1. The quantitative estimate of drug-likeness (QED) is 0.938. The van der Waals surface area contributed by atoms with E-state index in [2.05, 4.69) is 10.3 Å². The Morgan fingerprint density at radius 1 is 1.45 bits per heavy atom. The van der Waals surface area contributed by atoms with E-state index in [0.29, 0.717) is 12.4 Å². The molecule has 20 heavy (non-hydrogen) atoms. The van der Waals surface area contributed by atoms with Gasteiger partial charge in [-0.05, 0) is 17.0 Å². The minimum atomic E-state index is -0.00201. The van der Waals surface area contributed by atoms with Crippen LogP contribution in [-0.4, -0.2) is 46.5 Å². The number of hydrogen-bond acceptors (Lipinski definition) is 4. The molecule has 0 unspecified atom stereocenters. The maximum atomic E-state index is 12.5. The summed E-state index contributed by atoms with van der Waals surface area (Å²) in [5.41, 5.74) is 1.09. The normalized spacial score (nSPS) is 15.6. The van der Waals surface area contributed by atoms with Gasteiger partial charge < -0.3 is 14.8 Å². The fourth-order valence-corrected chi connectivity index (χ4v) is 3.17. The topological polar surface area (TPSA) is 50.2 Å². The van der Waals surface area contributed by atoms with Crippen LogP contribution in [0.1, 0.15) is 16.2 Å². The molecule has 1 N–H and O–H groups in total. The molecule has 0 atom stereocenters. The Bertz CT molecular complexity index is 603. The van der Waals surface area contributed by atoms with Crippen LogP contribution in [0.15, 0.2) is 23.8 Å². The number of hydrogen-bond donors (Lipinski definition) is 1. The number of piperazine rings is 1. The lowest BCUT2D eigenvalue weighted by Crippen LogP contribution is -2.47. The molecule has 0 aromatic carbocycles. The molecule has 1 aliphatic heterocycles.